The number of anilines is 1. The van der Waals surface area contributed by atoms with Crippen molar-refractivity contribution < 1.29 is 0 Å². The lowest BCUT2D eigenvalue weighted by molar-refractivity contribution is 0.724. The zero-order valence-electron chi connectivity index (χ0n) is 10.6. The number of rotatable bonds is 1. The van der Waals surface area contributed by atoms with Crippen molar-refractivity contribution in [1.82, 2.24) is 5.32 Å². The minimum Gasteiger partial charge on any atom is -0.370 e. The molecule has 0 bridgehead atoms. The normalized spacial score (nSPS) is 17.3. The van der Waals surface area contributed by atoms with Gasteiger partial charge in [0.1, 0.15) is 0 Å². The van der Waals surface area contributed by atoms with Crippen LogP contribution in [-0.2, 0) is 0 Å². The molecule has 0 unspecified atom stereocenters. The summed E-state index contributed by atoms with van der Waals surface area (Å²) in [4.78, 5) is 2.53. The Morgan fingerprint density at radius 3 is 2.38 bits per heavy atom. The SMILES string of the molecule is Cc1cc(C)c(N2CCCNCC2)c(C)c1. The van der Waals surface area contributed by atoms with Crippen molar-refractivity contribution in [1.29, 1.82) is 0 Å². The molecule has 2 nitrogen and oxygen atoms in total. The van der Waals surface area contributed by atoms with E-state index in [2.05, 4.69) is 43.1 Å². The Hall–Kier alpha value is -1.02. The fourth-order valence-electron chi connectivity index (χ4n) is 2.74. The largest absolute Gasteiger partial charge is 0.370 e. The fourth-order valence-corrected chi connectivity index (χ4v) is 2.74. The topological polar surface area (TPSA) is 15.3 Å². The summed E-state index contributed by atoms with van der Waals surface area (Å²) < 4.78 is 0. The van der Waals surface area contributed by atoms with Gasteiger partial charge in [-0.2, -0.15) is 0 Å². The Balaban J connectivity index is 2.31. The molecular formula is C14H22N2. The van der Waals surface area contributed by atoms with Gasteiger partial charge in [-0.1, -0.05) is 17.7 Å². The van der Waals surface area contributed by atoms with Crippen molar-refractivity contribution in [3.05, 3.63) is 28.8 Å². The third-order valence-corrected chi connectivity index (χ3v) is 3.29. The maximum absolute atomic E-state index is 3.46. The van der Waals surface area contributed by atoms with E-state index in [4.69, 9.17) is 0 Å². The number of hydrogen-bond acceptors (Lipinski definition) is 2. The second kappa shape index (κ2) is 4.88. The molecule has 1 heterocycles. The minimum absolute atomic E-state index is 1.10. The van der Waals surface area contributed by atoms with Gasteiger partial charge in [-0.05, 0) is 44.9 Å². The van der Waals surface area contributed by atoms with Crippen LogP contribution < -0.4 is 10.2 Å². The third-order valence-electron chi connectivity index (χ3n) is 3.29. The summed E-state index contributed by atoms with van der Waals surface area (Å²) in [5, 5.41) is 3.46. The van der Waals surface area contributed by atoms with E-state index in [9.17, 15) is 0 Å². The van der Waals surface area contributed by atoms with E-state index in [1.807, 2.05) is 0 Å². The summed E-state index contributed by atoms with van der Waals surface area (Å²) in [7, 11) is 0. The highest BCUT2D eigenvalue weighted by Gasteiger charge is 2.13. The van der Waals surface area contributed by atoms with Gasteiger partial charge in [-0.15, -0.1) is 0 Å². The second-order valence-electron chi connectivity index (χ2n) is 4.84. The highest BCUT2D eigenvalue weighted by molar-refractivity contribution is 5.60. The predicted molar refractivity (Wildman–Crippen MR) is 70.4 cm³/mol. The number of nitrogens with one attached hydrogen (secondary N) is 1. The minimum atomic E-state index is 1.10. The summed E-state index contributed by atoms with van der Waals surface area (Å²) >= 11 is 0. The molecule has 0 atom stereocenters. The average molecular weight is 218 g/mol. The Bertz CT molecular complexity index is 340. The fraction of sp³-hybridized carbons (Fsp3) is 0.571. The first kappa shape index (κ1) is 11.5. The van der Waals surface area contributed by atoms with Crippen molar-refractivity contribution in [3.63, 3.8) is 0 Å². The number of nitrogens with zero attached hydrogens (tertiary/aromatic N) is 1. The molecule has 0 radical (unpaired) electrons. The summed E-state index contributed by atoms with van der Waals surface area (Å²) in [6.07, 6.45) is 1.24. The summed E-state index contributed by atoms with van der Waals surface area (Å²) in [6.45, 7) is 11.2. The van der Waals surface area contributed by atoms with Crippen LogP contribution in [0.25, 0.3) is 0 Å². The van der Waals surface area contributed by atoms with Crippen molar-refractivity contribution in [2.75, 3.05) is 31.1 Å². The summed E-state index contributed by atoms with van der Waals surface area (Å²) in [5.74, 6) is 0. The van der Waals surface area contributed by atoms with Gasteiger partial charge in [-0.25, -0.2) is 0 Å². The number of hydrogen-bond donors (Lipinski definition) is 1. The molecule has 1 N–H and O–H groups in total. The van der Waals surface area contributed by atoms with Gasteiger partial charge in [0.15, 0.2) is 0 Å². The van der Waals surface area contributed by atoms with E-state index in [0.29, 0.717) is 0 Å². The van der Waals surface area contributed by atoms with Gasteiger partial charge < -0.3 is 10.2 Å². The highest BCUT2D eigenvalue weighted by atomic mass is 15.2. The van der Waals surface area contributed by atoms with Crippen LogP contribution in [0.5, 0.6) is 0 Å². The molecule has 1 aliphatic rings. The zero-order chi connectivity index (χ0) is 11.5. The van der Waals surface area contributed by atoms with Crippen LogP contribution in [0.4, 0.5) is 5.69 Å². The molecule has 0 aromatic heterocycles. The molecule has 2 heteroatoms. The van der Waals surface area contributed by atoms with E-state index in [0.717, 1.165) is 19.6 Å². The summed E-state index contributed by atoms with van der Waals surface area (Å²) in [6, 6.07) is 4.58. The van der Waals surface area contributed by atoms with Crippen LogP contribution >= 0.6 is 0 Å². The van der Waals surface area contributed by atoms with Gasteiger partial charge in [-0.3, -0.25) is 0 Å². The third kappa shape index (κ3) is 2.38. The molecule has 0 saturated carbocycles. The quantitative estimate of drug-likeness (QED) is 0.778. The monoisotopic (exact) mass is 218 g/mol. The maximum Gasteiger partial charge on any atom is 0.0426 e. The Morgan fingerprint density at radius 1 is 1.00 bits per heavy atom. The Morgan fingerprint density at radius 2 is 1.69 bits per heavy atom. The molecule has 0 amide bonds. The molecule has 1 saturated heterocycles. The molecule has 0 aliphatic carbocycles. The average Bonchev–Trinajstić information content (AvgIpc) is 2.44. The lowest BCUT2D eigenvalue weighted by Crippen LogP contribution is -2.29. The molecule has 0 spiro atoms. The molecule has 1 aliphatic heterocycles. The van der Waals surface area contributed by atoms with Crippen LogP contribution in [0, 0.1) is 20.8 Å². The van der Waals surface area contributed by atoms with Crippen LogP contribution in [-0.4, -0.2) is 26.2 Å². The van der Waals surface area contributed by atoms with Crippen molar-refractivity contribution >= 4 is 5.69 Å². The van der Waals surface area contributed by atoms with Crippen LogP contribution in [0.3, 0.4) is 0 Å². The Kier molecular flexibility index (Phi) is 3.49. The predicted octanol–water partition coefficient (Wildman–Crippen LogP) is 2.41. The summed E-state index contributed by atoms with van der Waals surface area (Å²) in [5.41, 5.74) is 5.65. The molecule has 2 rings (SSSR count). The smallest absolute Gasteiger partial charge is 0.0426 e. The van der Waals surface area contributed by atoms with Crippen molar-refractivity contribution in [3.8, 4) is 0 Å². The first-order valence-corrected chi connectivity index (χ1v) is 6.22. The standard InChI is InChI=1S/C14H22N2/c1-11-9-12(2)14(13(3)10-11)16-7-4-5-15-6-8-16/h9-10,15H,4-8H2,1-3H3. The van der Waals surface area contributed by atoms with E-state index in [1.165, 1.54) is 35.3 Å². The molecule has 16 heavy (non-hydrogen) atoms. The first-order chi connectivity index (χ1) is 7.68. The van der Waals surface area contributed by atoms with E-state index in [1.54, 1.807) is 0 Å². The van der Waals surface area contributed by atoms with Gasteiger partial charge in [0, 0.05) is 25.3 Å². The Labute approximate surface area is 98.7 Å². The van der Waals surface area contributed by atoms with Crippen LogP contribution in [0.15, 0.2) is 12.1 Å². The van der Waals surface area contributed by atoms with Crippen LogP contribution in [0.2, 0.25) is 0 Å². The van der Waals surface area contributed by atoms with Crippen molar-refractivity contribution in [2.45, 2.75) is 27.2 Å². The molecule has 1 aromatic carbocycles. The zero-order valence-corrected chi connectivity index (χ0v) is 10.6. The van der Waals surface area contributed by atoms with E-state index >= 15 is 0 Å². The number of aryl methyl sites for hydroxylation is 3. The van der Waals surface area contributed by atoms with Gasteiger partial charge in [0.05, 0.1) is 0 Å². The number of benzene rings is 1. The highest BCUT2D eigenvalue weighted by Crippen LogP contribution is 2.26. The lowest BCUT2D eigenvalue weighted by Gasteiger charge is -2.26. The van der Waals surface area contributed by atoms with Gasteiger partial charge >= 0.3 is 0 Å². The first-order valence-electron chi connectivity index (χ1n) is 6.22. The second-order valence-corrected chi connectivity index (χ2v) is 4.84. The van der Waals surface area contributed by atoms with E-state index < -0.39 is 0 Å². The van der Waals surface area contributed by atoms with Crippen LogP contribution in [0.1, 0.15) is 23.1 Å². The molecule has 1 aromatic rings. The molecule has 1 fully saturated rings. The molecular weight excluding hydrogens is 196 g/mol. The molecule has 88 valence electrons. The van der Waals surface area contributed by atoms with Crippen molar-refractivity contribution in [2.24, 2.45) is 0 Å². The van der Waals surface area contributed by atoms with Gasteiger partial charge in [0.2, 0.25) is 0 Å². The van der Waals surface area contributed by atoms with E-state index in [-0.39, 0.29) is 0 Å². The maximum atomic E-state index is 3.46. The lowest BCUT2D eigenvalue weighted by atomic mass is 10.0. The van der Waals surface area contributed by atoms with Gasteiger partial charge in [0.25, 0.3) is 0 Å².